The number of carbonyl (C=O) groups excluding carboxylic acids is 2. The van der Waals surface area contributed by atoms with Crippen LogP contribution >= 0.6 is 0 Å². The second-order valence-corrected chi connectivity index (χ2v) is 6.98. The quantitative estimate of drug-likeness (QED) is 0.636. The maximum Gasteiger partial charge on any atom is 0.239 e. The van der Waals surface area contributed by atoms with Gasteiger partial charge in [0.05, 0.1) is 25.8 Å². The van der Waals surface area contributed by atoms with Crippen LogP contribution in [0.25, 0.3) is 0 Å². The van der Waals surface area contributed by atoms with Crippen LogP contribution in [-0.4, -0.2) is 43.7 Å². The fraction of sp³-hybridized carbons (Fsp3) is 0.579. The minimum Gasteiger partial charge on any atom is -0.488 e. The Morgan fingerprint density at radius 1 is 1.35 bits per heavy atom. The number of aryl methyl sites for hydroxylation is 1. The van der Waals surface area contributed by atoms with Crippen LogP contribution in [0.15, 0.2) is 18.2 Å². The zero-order valence-corrected chi connectivity index (χ0v) is 15.7. The van der Waals surface area contributed by atoms with Crippen molar-refractivity contribution in [3.63, 3.8) is 0 Å². The van der Waals surface area contributed by atoms with Gasteiger partial charge in [0.2, 0.25) is 11.8 Å². The summed E-state index contributed by atoms with van der Waals surface area (Å²) in [6.45, 7) is 7.24. The molecule has 0 aromatic heterocycles. The second kappa shape index (κ2) is 9.54. The number of nitrogens with one attached hydrogen (secondary N) is 2. The molecule has 1 heterocycles. The summed E-state index contributed by atoms with van der Waals surface area (Å²) in [7, 11) is 0. The molecule has 144 valence electrons. The molecule has 1 saturated heterocycles. The summed E-state index contributed by atoms with van der Waals surface area (Å²) in [5, 5.41) is 5.36. The van der Waals surface area contributed by atoms with Crippen LogP contribution in [0, 0.1) is 12.8 Å². The highest BCUT2D eigenvalue weighted by Gasteiger charge is 2.20. The maximum atomic E-state index is 12.0. The molecule has 26 heavy (non-hydrogen) atoms. The standard InChI is InChI=1S/C19H29N3O4/c1-12(2)18(20)19(24)22-10-17(23)21-9-14-5-4-13(3)8-16(14)26-15-6-7-25-11-15/h4-5,8,12,15,18H,6-7,9-11,20H2,1-3H3,(H,21,23)(H,22,24)/t15?,18-/m0/s1. The molecule has 0 bridgehead atoms. The van der Waals surface area contributed by atoms with Gasteiger partial charge in [-0.25, -0.2) is 0 Å². The zero-order chi connectivity index (χ0) is 19.1. The van der Waals surface area contributed by atoms with Crippen LogP contribution in [0.1, 0.15) is 31.4 Å². The molecule has 4 N–H and O–H groups in total. The van der Waals surface area contributed by atoms with E-state index < -0.39 is 6.04 Å². The Morgan fingerprint density at radius 3 is 2.77 bits per heavy atom. The van der Waals surface area contributed by atoms with Crippen LogP contribution < -0.4 is 21.1 Å². The minimum atomic E-state index is -0.617. The molecule has 2 amide bonds. The summed E-state index contributed by atoms with van der Waals surface area (Å²) in [4.78, 5) is 23.8. The average Bonchev–Trinajstić information content (AvgIpc) is 3.11. The summed E-state index contributed by atoms with van der Waals surface area (Å²) in [6, 6.07) is 5.26. The Bertz CT molecular complexity index is 627. The number of hydrogen-bond acceptors (Lipinski definition) is 5. The lowest BCUT2D eigenvalue weighted by Crippen LogP contribution is -2.47. The number of benzene rings is 1. The van der Waals surface area contributed by atoms with E-state index in [0.717, 1.165) is 23.3 Å². The fourth-order valence-corrected chi connectivity index (χ4v) is 2.55. The van der Waals surface area contributed by atoms with Gasteiger partial charge in [-0.05, 0) is 24.5 Å². The van der Waals surface area contributed by atoms with E-state index in [-0.39, 0.29) is 30.4 Å². The first kappa shape index (κ1) is 20.2. The fourth-order valence-electron chi connectivity index (χ4n) is 2.55. The molecule has 2 rings (SSSR count). The van der Waals surface area contributed by atoms with Gasteiger partial charge in [0.25, 0.3) is 0 Å². The molecular weight excluding hydrogens is 334 g/mol. The SMILES string of the molecule is Cc1ccc(CNC(=O)CNC(=O)[C@@H](N)C(C)C)c(OC2CCOC2)c1. The van der Waals surface area contributed by atoms with Crippen molar-refractivity contribution in [2.75, 3.05) is 19.8 Å². The molecule has 0 saturated carbocycles. The van der Waals surface area contributed by atoms with Gasteiger partial charge in [-0.2, -0.15) is 0 Å². The molecule has 1 unspecified atom stereocenters. The Balaban J connectivity index is 1.86. The molecular formula is C19H29N3O4. The first-order chi connectivity index (χ1) is 12.4. The van der Waals surface area contributed by atoms with Gasteiger partial charge in [-0.3, -0.25) is 9.59 Å². The van der Waals surface area contributed by atoms with Gasteiger partial charge >= 0.3 is 0 Å². The van der Waals surface area contributed by atoms with Gasteiger partial charge in [0, 0.05) is 18.5 Å². The predicted octanol–water partition coefficient (Wildman–Crippen LogP) is 0.878. The lowest BCUT2D eigenvalue weighted by molar-refractivity contribution is -0.127. The third kappa shape index (κ3) is 6.00. The maximum absolute atomic E-state index is 12.0. The van der Waals surface area contributed by atoms with E-state index in [2.05, 4.69) is 10.6 Å². The Morgan fingerprint density at radius 2 is 2.12 bits per heavy atom. The van der Waals surface area contributed by atoms with E-state index in [1.54, 1.807) is 0 Å². The highest BCUT2D eigenvalue weighted by atomic mass is 16.5. The summed E-state index contributed by atoms with van der Waals surface area (Å²) in [5.41, 5.74) is 7.73. The molecule has 1 fully saturated rings. The molecule has 2 atom stereocenters. The second-order valence-electron chi connectivity index (χ2n) is 6.98. The van der Waals surface area contributed by atoms with Crippen molar-refractivity contribution in [3.05, 3.63) is 29.3 Å². The highest BCUT2D eigenvalue weighted by Crippen LogP contribution is 2.23. The van der Waals surface area contributed by atoms with Crippen molar-refractivity contribution >= 4 is 11.8 Å². The molecule has 1 aromatic carbocycles. The number of carbonyl (C=O) groups is 2. The van der Waals surface area contributed by atoms with Gasteiger partial charge in [-0.15, -0.1) is 0 Å². The van der Waals surface area contributed by atoms with Crippen LogP contribution in [0.2, 0.25) is 0 Å². The van der Waals surface area contributed by atoms with Crippen molar-refractivity contribution in [1.82, 2.24) is 10.6 Å². The molecule has 7 nitrogen and oxygen atoms in total. The van der Waals surface area contributed by atoms with E-state index in [1.165, 1.54) is 0 Å². The summed E-state index contributed by atoms with van der Waals surface area (Å²) in [5.74, 6) is 0.178. The van der Waals surface area contributed by atoms with Crippen LogP contribution in [0.3, 0.4) is 0 Å². The largest absolute Gasteiger partial charge is 0.488 e. The molecule has 0 radical (unpaired) electrons. The van der Waals surface area contributed by atoms with Crippen molar-refractivity contribution < 1.29 is 19.1 Å². The summed E-state index contributed by atoms with van der Waals surface area (Å²) in [6.07, 6.45) is 0.907. The van der Waals surface area contributed by atoms with Crippen LogP contribution in [-0.2, 0) is 20.9 Å². The third-order valence-corrected chi connectivity index (χ3v) is 4.32. The van der Waals surface area contributed by atoms with E-state index in [9.17, 15) is 9.59 Å². The van der Waals surface area contributed by atoms with Gasteiger partial charge in [0.15, 0.2) is 0 Å². The minimum absolute atomic E-state index is 0.0184. The molecule has 0 spiro atoms. The van der Waals surface area contributed by atoms with Crippen molar-refractivity contribution in [3.8, 4) is 5.75 Å². The molecule has 7 heteroatoms. The first-order valence-corrected chi connectivity index (χ1v) is 9.00. The Hall–Kier alpha value is -2.12. The number of amides is 2. The van der Waals surface area contributed by atoms with Gasteiger partial charge in [-0.1, -0.05) is 26.0 Å². The number of hydrogen-bond donors (Lipinski definition) is 3. The smallest absolute Gasteiger partial charge is 0.239 e. The van der Waals surface area contributed by atoms with Crippen LogP contribution in [0.4, 0.5) is 0 Å². The molecule has 1 aliphatic heterocycles. The lowest BCUT2D eigenvalue weighted by atomic mass is 10.1. The normalized spacial score (nSPS) is 17.8. The molecule has 1 aliphatic rings. The number of rotatable bonds is 8. The summed E-state index contributed by atoms with van der Waals surface area (Å²) >= 11 is 0. The number of nitrogens with two attached hydrogens (primary N) is 1. The first-order valence-electron chi connectivity index (χ1n) is 9.00. The van der Waals surface area contributed by atoms with E-state index in [4.69, 9.17) is 15.2 Å². The monoisotopic (exact) mass is 363 g/mol. The number of ether oxygens (including phenoxy) is 2. The van der Waals surface area contributed by atoms with Crippen LogP contribution in [0.5, 0.6) is 5.75 Å². The lowest BCUT2D eigenvalue weighted by Gasteiger charge is -2.17. The molecule has 1 aromatic rings. The Labute approximate surface area is 154 Å². The predicted molar refractivity (Wildman–Crippen MR) is 98.7 cm³/mol. The van der Waals surface area contributed by atoms with Crippen molar-refractivity contribution in [1.29, 1.82) is 0 Å². The van der Waals surface area contributed by atoms with E-state index in [1.807, 2.05) is 39.0 Å². The third-order valence-electron chi connectivity index (χ3n) is 4.32. The topological polar surface area (TPSA) is 103 Å². The van der Waals surface area contributed by atoms with Gasteiger partial charge in [0.1, 0.15) is 11.9 Å². The summed E-state index contributed by atoms with van der Waals surface area (Å²) < 4.78 is 11.4. The van der Waals surface area contributed by atoms with Crippen molar-refractivity contribution in [2.45, 2.75) is 45.9 Å². The Kier molecular flexibility index (Phi) is 7.41. The van der Waals surface area contributed by atoms with Gasteiger partial charge < -0.3 is 25.8 Å². The van der Waals surface area contributed by atoms with E-state index >= 15 is 0 Å². The average molecular weight is 363 g/mol. The van der Waals surface area contributed by atoms with E-state index in [0.29, 0.717) is 19.8 Å². The molecule has 0 aliphatic carbocycles. The zero-order valence-electron chi connectivity index (χ0n) is 15.7. The highest BCUT2D eigenvalue weighted by molar-refractivity contribution is 5.87. The van der Waals surface area contributed by atoms with Crippen molar-refractivity contribution in [2.24, 2.45) is 11.7 Å².